The highest BCUT2D eigenvalue weighted by Gasteiger charge is 2.38. The van der Waals surface area contributed by atoms with Gasteiger partial charge in [0.15, 0.2) is 0 Å². The summed E-state index contributed by atoms with van der Waals surface area (Å²) in [4.78, 5) is 26.0. The molecule has 0 radical (unpaired) electrons. The SMILES string of the molecule is CCOC(=O)CN(C(=O)C1CC(CC)CCN1)C1CC1. The molecule has 0 aromatic carbocycles. The van der Waals surface area contributed by atoms with Gasteiger partial charge in [-0.05, 0) is 45.1 Å². The van der Waals surface area contributed by atoms with Gasteiger partial charge in [0.05, 0.1) is 12.6 Å². The van der Waals surface area contributed by atoms with Crippen molar-refractivity contribution < 1.29 is 14.3 Å². The summed E-state index contributed by atoms with van der Waals surface area (Å²) in [6.07, 6.45) is 5.17. The van der Waals surface area contributed by atoms with E-state index in [0.717, 1.165) is 38.6 Å². The molecule has 2 atom stereocenters. The molecule has 1 saturated heterocycles. The van der Waals surface area contributed by atoms with Crippen molar-refractivity contribution in [1.29, 1.82) is 0 Å². The maximum Gasteiger partial charge on any atom is 0.325 e. The van der Waals surface area contributed by atoms with Gasteiger partial charge in [-0.3, -0.25) is 9.59 Å². The lowest BCUT2D eigenvalue weighted by atomic mass is 9.90. The zero-order chi connectivity index (χ0) is 14.5. The third-order valence-electron chi connectivity index (χ3n) is 4.26. The normalized spacial score (nSPS) is 26.1. The van der Waals surface area contributed by atoms with Gasteiger partial charge in [-0.25, -0.2) is 0 Å². The Morgan fingerprint density at radius 3 is 2.60 bits per heavy atom. The number of nitrogens with zero attached hydrogens (tertiary/aromatic N) is 1. The van der Waals surface area contributed by atoms with Crippen LogP contribution in [0.3, 0.4) is 0 Å². The van der Waals surface area contributed by atoms with Crippen LogP contribution in [0.1, 0.15) is 46.0 Å². The second-order valence-corrected chi connectivity index (χ2v) is 5.81. The van der Waals surface area contributed by atoms with Crippen molar-refractivity contribution in [3.8, 4) is 0 Å². The number of ether oxygens (including phenoxy) is 1. The van der Waals surface area contributed by atoms with Crippen LogP contribution in [0.5, 0.6) is 0 Å². The fourth-order valence-corrected chi connectivity index (χ4v) is 2.87. The van der Waals surface area contributed by atoms with Gasteiger partial charge in [-0.2, -0.15) is 0 Å². The molecule has 5 heteroatoms. The molecule has 0 bridgehead atoms. The summed E-state index contributed by atoms with van der Waals surface area (Å²) in [7, 11) is 0. The highest BCUT2D eigenvalue weighted by Crippen LogP contribution is 2.29. The first-order chi connectivity index (χ1) is 9.65. The summed E-state index contributed by atoms with van der Waals surface area (Å²) in [6, 6.07) is 0.124. The Hall–Kier alpha value is -1.10. The molecular weight excluding hydrogens is 256 g/mol. The van der Waals surface area contributed by atoms with Crippen LogP contribution in [0.2, 0.25) is 0 Å². The van der Waals surface area contributed by atoms with Crippen molar-refractivity contribution in [2.75, 3.05) is 19.7 Å². The van der Waals surface area contributed by atoms with Gasteiger partial charge in [0.25, 0.3) is 0 Å². The van der Waals surface area contributed by atoms with Crippen molar-refractivity contribution in [2.24, 2.45) is 5.92 Å². The molecule has 1 heterocycles. The lowest BCUT2D eigenvalue weighted by molar-refractivity contribution is -0.150. The number of rotatable bonds is 6. The maximum atomic E-state index is 12.6. The minimum Gasteiger partial charge on any atom is -0.465 e. The number of amides is 1. The molecule has 114 valence electrons. The lowest BCUT2D eigenvalue weighted by Gasteiger charge is -2.33. The Bertz CT molecular complexity index is 355. The van der Waals surface area contributed by atoms with E-state index in [9.17, 15) is 9.59 Å². The molecule has 0 aromatic rings. The van der Waals surface area contributed by atoms with Crippen molar-refractivity contribution >= 4 is 11.9 Å². The first-order valence-electron chi connectivity index (χ1n) is 7.85. The second kappa shape index (κ2) is 7.07. The summed E-state index contributed by atoms with van der Waals surface area (Å²) in [5, 5.41) is 3.31. The van der Waals surface area contributed by atoms with E-state index < -0.39 is 0 Å². The number of hydrogen-bond acceptors (Lipinski definition) is 4. The van der Waals surface area contributed by atoms with Gasteiger partial charge in [0.1, 0.15) is 6.54 Å². The van der Waals surface area contributed by atoms with E-state index >= 15 is 0 Å². The Morgan fingerprint density at radius 1 is 1.25 bits per heavy atom. The number of piperidine rings is 1. The summed E-state index contributed by atoms with van der Waals surface area (Å²) in [6.45, 7) is 5.33. The number of carbonyl (C=O) groups excluding carboxylic acids is 2. The molecule has 2 aliphatic rings. The minimum absolute atomic E-state index is 0.0821. The predicted molar refractivity (Wildman–Crippen MR) is 76.2 cm³/mol. The monoisotopic (exact) mass is 282 g/mol. The third kappa shape index (κ3) is 3.95. The Labute approximate surface area is 121 Å². The molecule has 5 nitrogen and oxygen atoms in total. The molecule has 1 amide bonds. The topological polar surface area (TPSA) is 58.6 Å². The van der Waals surface area contributed by atoms with E-state index in [4.69, 9.17) is 4.74 Å². The zero-order valence-electron chi connectivity index (χ0n) is 12.6. The van der Waals surface area contributed by atoms with E-state index in [2.05, 4.69) is 12.2 Å². The first kappa shape index (κ1) is 15.3. The maximum absolute atomic E-state index is 12.6. The van der Waals surface area contributed by atoms with Crippen LogP contribution in [-0.2, 0) is 14.3 Å². The average Bonchev–Trinajstić information content (AvgIpc) is 3.29. The van der Waals surface area contributed by atoms with Crippen LogP contribution in [0, 0.1) is 5.92 Å². The molecule has 0 aromatic heterocycles. The van der Waals surface area contributed by atoms with E-state index in [-0.39, 0.29) is 30.5 Å². The molecule has 1 saturated carbocycles. The van der Waals surface area contributed by atoms with Crippen LogP contribution in [0.15, 0.2) is 0 Å². The summed E-state index contributed by atoms with van der Waals surface area (Å²) in [5.41, 5.74) is 0. The van der Waals surface area contributed by atoms with Gasteiger partial charge in [0.2, 0.25) is 5.91 Å². The highest BCUT2D eigenvalue weighted by atomic mass is 16.5. The van der Waals surface area contributed by atoms with Gasteiger partial charge in [0, 0.05) is 6.04 Å². The van der Waals surface area contributed by atoms with Crippen molar-refractivity contribution in [3.05, 3.63) is 0 Å². The molecule has 20 heavy (non-hydrogen) atoms. The average molecular weight is 282 g/mol. The van der Waals surface area contributed by atoms with Crippen molar-refractivity contribution in [1.82, 2.24) is 10.2 Å². The van der Waals surface area contributed by atoms with Gasteiger partial charge < -0.3 is 15.0 Å². The molecule has 0 spiro atoms. The van der Waals surface area contributed by atoms with E-state index in [1.165, 1.54) is 0 Å². The standard InChI is InChI=1S/C15H26N2O3/c1-3-11-7-8-16-13(9-11)15(19)17(12-5-6-12)10-14(18)20-4-2/h11-13,16H,3-10H2,1-2H3. The van der Waals surface area contributed by atoms with Crippen LogP contribution >= 0.6 is 0 Å². The van der Waals surface area contributed by atoms with Gasteiger partial charge in [-0.15, -0.1) is 0 Å². The largest absolute Gasteiger partial charge is 0.465 e. The number of carbonyl (C=O) groups is 2. The number of hydrogen-bond donors (Lipinski definition) is 1. The quantitative estimate of drug-likeness (QED) is 0.746. The smallest absolute Gasteiger partial charge is 0.325 e. The molecule has 1 N–H and O–H groups in total. The highest BCUT2D eigenvalue weighted by molar-refractivity contribution is 5.86. The fraction of sp³-hybridized carbons (Fsp3) is 0.867. The fourth-order valence-electron chi connectivity index (χ4n) is 2.87. The van der Waals surface area contributed by atoms with Crippen molar-refractivity contribution in [2.45, 2.75) is 58.0 Å². The number of nitrogens with one attached hydrogen (secondary N) is 1. The van der Waals surface area contributed by atoms with Crippen LogP contribution < -0.4 is 5.32 Å². The molecule has 2 rings (SSSR count). The second-order valence-electron chi connectivity index (χ2n) is 5.81. The van der Waals surface area contributed by atoms with E-state index in [0.29, 0.717) is 12.5 Å². The van der Waals surface area contributed by atoms with E-state index in [1.54, 1.807) is 11.8 Å². The first-order valence-corrected chi connectivity index (χ1v) is 7.85. The number of esters is 1. The van der Waals surface area contributed by atoms with E-state index in [1.807, 2.05) is 0 Å². The van der Waals surface area contributed by atoms with Gasteiger partial charge in [-0.1, -0.05) is 13.3 Å². The molecule has 2 unspecified atom stereocenters. The predicted octanol–water partition coefficient (Wildman–Crippen LogP) is 1.32. The third-order valence-corrected chi connectivity index (χ3v) is 4.26. The minimum atomic E-state index is -0.296. The summed E-state index contributed by atoms with van der Waals surface area (Å²) >= 11 is 0. The van der Waals surface area contributed by atoms with Crippen LogP contribution in [-0.4, -0.2) is 48.6 Å². The zero-order valence-corrected chi connectivity index (χ0v) is 12.6. The lowest BCUT2D eigenvalue weighted by Crippen LogP contribution is -2.52. The van der Waals surface area contributed by atoms with Gasteiger partial charge >= 0.3 is 5.97 Å². The van der Waals surface area contributed by atoms with Crippen molar-refractivity contribution in [3.63, 3.8) is 0 Å². The summed E-state index contributed by atoms with van der Waals surface area (Å²) < 4.78 is 4.98. The van der Waals surface area contributed by atoms with Crippen LogP contribution in [0.25, 0.3) is 0 Å². The molecule has 1 aliphatic carbocycles. The molecule has 2 fully saturated rings. The van der Waals surface area contributed by atoms with Crippen LogP contribution in [0.4, 0.5) is 0 Å². The molecular formula is C15H26N2O3. The Morgan fingerprint density at radius 2 is 2.00 bits per heavy atom. The molecule has 1 aliphatic heterocycles. The Kier molecular flexibility index (Phi) is 5.40. The Balaban J connectivity index is 1.94. The summed E-state index contributed by atoms with van der Waals surface area (Å²) in [5.74, 6) is 0.406.